The van der Waals surface area contributed by atoms with Crippen LogP contribution in [0.3, 0.4) is 0 Å². The van der Waals surface area contributed by atoms with E-state index in [0.29, 0.717) is 0 Å². The number of hydrogen-bond acceptors (Lipinski definition) is 2. The molecule has 2 heteroatoms. The maximum atomic E-state index is 3.84. The van der Waals surface area contributed by atoms with Crippen LogP contribution in [0.2, 0.25) is 0 Å². The van der Waals surface area contributed by atoms with Gasteiger partial charge in [0.05, 0.1) is 5.66 Å². The topological polar surface area (TPSA) is 24.1 Å². The van der Waals surface area contributed by atoms with Crippen LogP contribution in [0.1, 0.15) is 84.5 Å². The Morgan fingerprint density at radius 3 is 1.67 bits per heavy atom. The molecule has 1 aliphatic carbocycles. The third-order valence-corrected chi connectivity index (χ3v) is 4.19. The maximum absolute atomic E-state index is 3.84. The van der Waals surface area contributed by atoms with Gasteiger partial charge in [-0.25, -0.2) is 0 Å². The van der Waals surface area contributed by atoms with Gasteiger partial charge in [-0.1, -0.05) is 58.8 Å². The highest BCUT2D eigenvalue weighted by molar-refractivity contribution is 4.88. The van der Waals surface area contributed by atoms with Crippen LogP contribution in [0, 0.1) is 0 Å². The quantitative estimate of drug-likeness (QED) is 0.451. The van der Waals surface area contributed by atoms with Gasteiger partial charge in [-0.3, -0.25) is 10.6 Å². The molecule has 0 bridgehead atoms. The zero-order chi connectivity index (χ0) is 13.1. The van der Waals surface area contributed by atoms with Gasteiger partial charge in [-0.2, -0.15) is 0 Å². The minimum atomic E-state index is 0.278. The van der Waals surface area contributed by atoms with Crippen LogP contribution in [0.15, 0.2) is 0 Å². The summed E-state index contributed by atoms with van der Waals surface area (Å²) in [4.78, 5) is 0. The molecule has 0 saturated heterocycles. The summed E-state index contributed by atoms with van der Waals surface area (Å²) in [5, 5.41) is 7.67. The van der Waals surface area contributed by atoms with Crippen molar-refractivity contribution in [3.05, 3.63) is 0 Å². The lowest BCUT2D eigenvalue weighted by atomic mass is 9.88. The molecule has 108 valence electrons. The minimum Gasteiger partial charge on any atom is -0.299 e. The second-order valence-corrected chi connectivity index (χ2v) is 5.91. The summed E-state index contributed by atoms with van der Waals surface area (Å²) in [6.07, 6.45) is 14.9. The van der Waals surface area contributed by atoms with Gasteiger partial charge in [-0.05, 0) is 38.8 Å². The first-order chi connectivity index (χ1) is 8.83. The first-order valence-corrected chi connectivity index (χ1v) is 8.33. The van der Waals surface area contributed by atoms with E-state index in [0.717, 1.165) is 0 Å². The normalized spacial score (nSPS) is 19.0. The van der Waals surface area contributed by atoms with Gasteiger partial charge in [0.25, 0.3) is 0 Å². The molecule has 2 N–H and O–H groups in total. The van der Waals surface area contributed by atoms with Crippen molar-refractivity contribution < 1.29 is 0 Å². The summed E-state index contributed by atoms with van der Waals surface area (Å²) in [6.45, 7) is 6.93. The molecule has 0 amide bonds. The van der Waals surface area contributed by atoms with Crippen LogP contribution in [-0.4, -0.2) is 18.8 Å². The van der Waals surface area contributed by atoms with Gasteiger partial charge in [0.2, 0.25) is 0 Å². The van der Waals surface area contributed by atoms with E-state index in [9.17, 15) is 0 Å². The highest BCUT2D eigenvalue weighted by Crippen LogP contribution is 2.26. The summed E-state index contributed by atoms with van der Waals surface area (Å²) in [6, 6.07) is 0. The molecule has 0 spiro atoms. The lowest BCUT2D eigenvalue weighted by molar-refractivity contribution is 0.179. The second kappa shape index (κ2) is 9.80. The van der Waals surface area contributed by atoms with E-state index in [4.69, 9.17) is 0 Å². The van der Waals surface area contributed by atoms with Gasteiger partial charge in [-0.15, -0.1) is 0 Å². The molecule has 0 radical (unpaired) electrons. The standard InChI is InChI=1S/C16H34N2/c1-3-5-10-14-17-16(12-8-7-9-13-16)18-15-11-6-4-2/h17-18H,3-15H2,1-2H3. The van der Waals surface area contributed by atoms with Crippen molar-refractivity contribution in [3.8, 4) is 0 Å². The van der Waals surface area contributed by atoms with Gasteiger partial charge in [0.1, 0.15) is 0 Å². The molecule has 0 unspecified atom stereocenters. The smallest absolute Gasteiger partial charge is 0.0687 e. The van der Waals surface area contributed by atoms with Gasteiger partial charge in [0.15, 0.2) is 0 Å². The monoisotopic (exact) mass is 254 g/mol. The molecule has 1 fully saturated rings. The van der Waals surface area contributed by atoms with E-state index in [-0.39, 0.29) is 5.66 Å². The van der Waals surface area contributed by atoms with Crippen LogP contribution in [0.5, 0.6) is 0 Å². The molecular formula is C16H34N2. The molecule has 18 heavy (non-hydrogen) atoms. The van der Waals surface area contributed by atoms with Crippen LogP contribution >= 0.6 is 0 Å². The minimum absolute atomic E-state index is 0.278. The van der Waals surface area contributed by atoms with E-state index < -0.39 is 0 Å². The summed E-state index contributed by atoms with van der Waals surface area (Å²) in [5.41, 5.74) is 0.278. The van der Waals surface area contributed by atoms with Gasteiger partial charge < -0.3 is 0 Å². The fraction of sp³-hybridized carbons (Fsp3) is 1.00. The Morgan fingerprint density at radius 1 is 0.722 bits per heavy atom. The number of rotatable bonds is 10. The fourth-order valence-corrected chi connectivity index (χ4v) is 2.98. The molecular weight excluding hydrogens is 220 g/mol. The van der Waals surface area contributed by atoms with Crippen LogP contribution in [-0.2, 0) is 0 Å². The predicted octanol–water partition coefficient (Wildman–Crippen LogP) is 4.21. The average Bonchev–Trinajstić information content (AvgIpc) is 2.41. The van der Waals surface area contributed by atoms with Gasteiger partial charge >= 0.3 is 0 Å². The zero-order valence-corrected chi connectivity index (χ0v) is 12.7. The fourth-order valence-electron chi connectivity index (χ4n) is 2.98. The summed E-state index contributed by atoms with van der Waals surface area (Å²) >= 11 is 0. The van der Waals surface area contributed by atoms with Crippen LogP contribution in [0.4, 0.5) is 0 Å². The highest BCUT2D eigenvalue weighted by Gasteiger charge is 2.30. The molecule has 0 aromatic heterocycles. The van der Waals surface area contributed by atoms with Crippen molar-refractivity contribution in [3.63, 3.8) is 0 Å². The van der Waals surface area contributed by atoms with Crippen LogP contribution < -0.4 is 10.6 Å². The van der Waals surface area contributed by atoms with Crippen molar-refractivity contribution in [2.75, 3.05) is 13.1 Å². The molecule has 1 rings (SSSR count). The Balaban J connectivity index is 2.27. The summed E-state index contributed by atoms with van der Waals surface area (Å²) in [7, 11) is 0. The van der Waals surface area contributed by atoms with E-state index in [1.807, 2.05) is 0 Å². The molecule has 0 aliphatic heterocycles. The first kappa shape index (κ1) is 16.0. The second-order valence-electron chi connectivity index (χ2n) is 5.91. The number of unbranched alkanes of at least 4 members (excludes halogenated alkanes) is 4. The average molecular weight is 254 g/mol. The molecule has 0 atom stereocenters. The summed E-state index contributed by atoms with van der Waals surface area (Å²) < 4.78 is 0. The van der Waals surface area contributed by atoms with Crippen molar-refractivity contribution in [2.24, 2.45) is 0 Å². The molecule has 0 heterocycles. The van der Waals surface area contributed by atoms with Crippen molar-refractivity contribution in [1.82, 2.24) is 10.6 Å². The Labute approximate surface area is 114 Å². The SMILES string of the molecule is CCCCCNC1(NCCCCC)CCCCC1. The highest BCUT2D eigenvalue weighted by atomic mass is 15.2. The van der Waals surface area contributed by atoms with E-state index in [2.05, 4.69) is 24.5 Å². The Morgan fingerprint density at radius 2 is 1.22 bits per heavy atom. The lowest BCUT2D eigenvalue weighted by Crippen LogP contribution is -2.58. The Kier molecular flexibility index (Phi) is 8.70. The first-order valence-electron chi connectivity index (χ1n) is 8.33. The molecule has 0 aromatic carbocycles. The Bertz CT molecular complexity index is 172. The predicted molar refractivity (Wildman–Crippen MR) is 80.9 cm³/mol. The number of nitrogens with one attached hydrogen (secondary N) is 2. The number of hydrogen-bond donors (Lipinski definition) is 2. The van der Waals surface area contributed by atoms with Gasteiger partial charge in [0, 0.05) is 0 Å². The van der Waals surface area contributed by atoms with E-state index in [1.54, 1.807) is 0 Å². The molecule has 2 nitrogen and oxygen atoms in total. The van der Waals surface area contributed by atoms with Crippen LogP contribution in [0.25, 0.3) is 0 Å². The van der Waals surface area contributed by atoms with Crippen molar-refractivity contribution in [2.45, 2.75) is 90.1 Å². The van der Waals surface area contributed by atoms with E-state index in [1.165, 1.54) is 83.7 Å². The third kappa shape index (κ3) is 6.19. The summed E-state index contributed by atoms with van der Waals surface area (Å²) in [5.74, 6) is 0. The van der Waals surface area contributed by atoms with Crippen molar-refractivity contribution >= 4 is 0 Å². The van der Waals surface area contributed by atoms with E-state index >= 15 is 0 Å². The Hall–Kier alpha value is -0.0800. The zero-order valence-electron chi connectivity index (χ0n) is 12.7. The lowest BCUT2D eigenvalue weighted by Gasteiger charge is -2.39. The molecule has 0 aromatic rings. The third-order valence-electron chi connectivity index (χ3n) is 4.19. The molecule has 1 aliphatic rings. The largest absolute Gasteiger partial charge is 0.299 e. The maximum Gasteiger partial charge on any atom is 0.0687 e. The molecule has 1 saturated carbocycles. The van der Waals surface area contributed by atoms with Crippen molar-refractivity contribution in [1.29, 1.82) is 0 Å².